The van der Waals surface area contributed by atoms with Gasteiger partial charge in [-0.25, -0.2) is 27.2 Å². The van der Waals surface area contributed by atoms with E-state index in [0.29, 0.717) is 28.3 Å². The number of aliphatic hydroxyl groups is 1. The third kappa shape index (κ3) is 5.05. The van der Waals surface area contributed by atoms with Crippen LogP contribution in [0.1, 0.15) is 23.0 Å². The lowest BCUT2D eigenvalue weighted by Gasteiger charge is -2.15. The van der Waals surface area contributed by atoms with Crippen molar-refractivity contribution in [2.75, 3.05) is 6.26 Å². The Morgan fingerprint density at radius 2 is 1.70 bits per heavy atom. The monoisotopic (exact) mass is 583 g/mol. The van der Waals surface area contributed by atoms with Crippen molar-refractivity contribution in [3.8, 4) is 39.4 Å². The molecular weight excluding hydrogens is 560 g/mol. The van der Waals surface area contributed by atoms with Gasteiger partial charge in [-0.3, -0.25) is 0 Å². The molecule has 2 aromatic heterocycles. The Morgan fingerprint density at radius 3 is 2.33 bits per heavy atom. The lowest BCUT2D eigenvalue weighted by Crippen LogP contribution is -2.06. The molecule has 0 amide bonds. The number of nitrogens with zero attached hydrogens (tertiary/aromatic N) is 3. The predicted molar refractivity (Wildman–Crippen MR) is 148 cm³/mol. The lowest BCUT2D eigenvalue weighted by molar-refractivity contribution is 0.272. The minimum atomic E-state index is -3.85. The average Bonchev–Trinajstić information content (AvgIpc) is 3.43. The molecule has 2 heterocycles. The largest absolute Gasteiger partial charge is 0.440 e. The maximum Gasteiger partial charge on any atom is 0.192 e. The number of oxazole rings is 1. The molecule has 0 spiro atoms. The van der Waals surface area contributed by atoms with Crippen LogP contribution in [0.5, 0.6) is 0 Å². The van der Waals surface area contributed by atoms with Crippen molar-refractivity contribution in [2.45, 2.75) is 32.3 Å². The molecule has 206 valence electrons. The van der Waals surface area contributed by atoms with Crippen LogP contribution in [0, 0.1) is 32.4 Å². The number of hydrogen-bond acceptors (Lipinski definition) is 6. The van der Waals surface area contributed by atoms with Gasteiger partial charge in [0, 0.05) is 35.5 Å². The summed E-state index contributed by atoms with van der Waals surface area (Å²) in [6.45, 7) is 4.55. The minimum Gasteiger partial charge on any atom is -0.440 e. The first-order valence-corrected chi connectivity index (χ1v) is 14.4. The molecule has 40 heavy (non-hydrogen) atoms. The summed E-state index contributed by atoms with van der Waals surface area (Å²) in [5.74, 6) is -0.321. The molecule has 1 N–H and O–H groups in total. The zero-order chi connectivity index (χ0) is 28.9. The van der Waals surface area contributed by atoms with E-state index in [0.717, 1.165) is 11.9 Å². The van der Waals surface area contributed by atoms with Gasteiger partial charge in [0.25, 0.3) is 0 Å². The molecule has 0 aliphatic carbocycles. The zero-order valence-electron chi connectivity index (χ0n) is 22.0. The summed E-state index contributed by atoms with van der Waals surface area (Å²) >= 11 is 5.97. The Kier molecular flexibility index (Phi) is 7.11. The van der Waals surface area contributed by atoms with Crippen LogP contribution in [0.4, 0.5) is 8.78 Å². The molecule has 3 aromatic carbocycles. The summed E-state index contributed by atoms with van der Waals surface area (Å²) in [5.41, 5.74) is 2.80. The molecule has 0 saturated heterocycles. The molecule has 0 aliphatic rings. The van der Waals surface area contributed by atoms with Gasteiger partial charge < -0.3 is 14.1 Å². The summed E-state index contributed by atoms with van der Waals surface area (Å²) < 4.78 is 62.6. The topological polar surface area (TPSA) is 98.2 Å². The van der Waals surface area contributed by atoms with E-state index in [2.05, 4.69) is 9.97 Å². The molecule has 11 heteroatoms. The normalized spacial score (nSPS) is 11.8. The fourth-order valence-corrected chi connectivity index (χ4v) is 5.81. The standard InChI is InChI=1S/C29H24ClF2N3O4S/c1-15-13-35(16(2)33-15)26-8-5-18(19-10-24(31)23(14-36)27(11-19)40(4,37)38)9-22(26)28-29(39-17(3)34-28)21-7-6-20(30)12-25(21)32/h5-13,36H,14H2,1-4H3. The molecule has 0 saturated carbocycles. The number of hydrogen-bond donors (Lipinski definition) is 1. The summed E-state index contributed by atoms with van der Waals surface area (Å²) in [6.07, 6.45) is 2.79. The smallest absolute Gasteiger partial charge is 0.192 e. The van der Waals surface area contributed by atoms with Crippen molar-refractivity contribution < 1.29 is 26.7 Å². The number of imidazole rings is 1. The maximum absolute atomic E-state index is 15.0. The third-order valence-electron chi connectivity index (χ3n) is 6.47. The van der Waals surface area contributed by atoms with Crippen LogP contribution in [-0.2, 0) is 16.4 Å². The van der Waals surface area contributed by atoms with Gasteiger partial charge in [-0.2, -0.15) is 0 Å². The van der Waals surface area contributed by atoms with Crippen molar-refractivity contribution in [3.63, 3.8) is 0 Å². The van der Waals surface area contributed by atoms with Crippen LogP contribution in [0.15, 0.2) is 64.0 Å². The molecule has 0 aliphatic heterocycles. The first-order chi connectivity index (χ1) is 18.9. The van der Waals surface area contributed by atoms with Gasteiger partial charge in [0.05, 0.1) is 28.4 Å². The SMILES string of the molecule is Cc1cn(-c2ccc(-c3cc(F)c(CO)c(S(C)(=O)=O)c3)cc2-c2nc(C)oc2-c2ccc(Cl)cc2F)c(C)n1. The fraction of sp³-hybridized carbons (Fsp3) is 0.172. The average molecular weight is 584 g/mol. The van der Waals surface area contributed by atoms with Crippen LogP contribution in [0.25, 0.3) is 39.4 Å². The Bertz CT molecular complexity index is 1900. The van der Waals surface area contributed by atoms with E-state index in [4.69, 9.17) is 16.0 Å². The number of aliphatic hydroxyl groups excluding tert-OH is 1. The van der Waals surface area contributed by atoms with Gasteiger partial charge in [0.1, 0.15) is 23.2 Å². The van der Waals surface area contributed by atoms with Gasteiger partial charge >= 0.3 is 0 Å². The third-order valence-corrected chi connectivity index (χ3v) is 7.87. The molecular formula is C29H24ClF2N3O4S. The van der Waals surface area contributed by atoms with Crippen molar-refractivity contribution in [3.05, 3.63) is 94.4 Å². The van der Waals surface area contributed by atoms with Crippen molar-refractivity contribution >= 4 is 21.4 Å². The Balaban J connectivity index is 1.81. The molecule has 7 nitrogen and oxygen atoms in total. The molecule has 0 fully saturated rings. The number of sulfone groups is 1. The van der Waals surface area contributed by atoms with Gasteiger partial charge in [-0.05, 0) is 67.4 Å². The minimum absolute atomic E-state index is 0.146. The number of benzene rings is 3. The molecule has 5 aromatic rings. The second-order valence-corrected chi connectivity index (χ2v) is 11.9. The van der Waals surface area contributed by atoms with E-state index in [-0.39, 0.29) is 38.3 Å². The van der Waals surface area contributed by atoms with Crippen molar-refractivity contribution in [1.82, 2.24) is 14.5 Å². The predicted octanol–water partition coefficient (Wildman–Crippen LogP) is 6.61. The molecule has 0 bridgehead atoms. The van der Waals surface area contributed by atoms with Crippen LogP contribution in [0.2, 0.25) is 5.02 Å². The number of halogens is 3. The van der Waals surface area contributed by atoms with Crippen LogP contribution in [-0.4, -0.2) is 34.3 Å². The highest BCUT2D eigenvalue weighted by Gasteiger charge is 2.24. The van der Waals surface area contributed by atoms with Crippen LogP contribution < -0.4 is 0 Å². The zero-order valence-corrected chi connectivity index (χ0v) is 23.5. The first-order valence-electron chi connectivity index (χ1n) is 12.1. The highest BCUT2D eigenvalue weighted by atomic mass is 35.5. The second-order valence-electron chi connectivity index (χ2n) is 9.43. The summed E-state index contributed by atoms with van der Waals surface area (Å²) in [7, 11) is -3.85. The molecule has 0 atom stereocenters. The van der Waals surface area contributed by atoms with E-state index in [9.17, 15) is 17.9 Å². The van der Waals surface area contributed by atoms with Gasteiger partial charge in [-0.15, -0.1) is 0 Å². The molecule has 0 unspecified atom stereocenters. The van der Waals surface area contributed by atoms with E-state index in [1.165, 1.54) is 24.3 Å². The van der Waals surface area contributed by atoms with Gasteiger partial charge in [0.2, 0.25) is 0 Å². The van der Waals surface area contributed by atoms with Crippen LogP contribution in [0.3, 0.4) is 0 Å². The van der Waals surface area contributed by atoms with Gasteiger partial charge in [-0.1, -0.05) is 17.7 Å². The Morgan fingerprint density at radius 1 is 0.950 bits per heavy atom. The Labute approximate surface area is 234 Å². The number of aryl methyl sites for hydroxylation is 3. The lowest BCUT2D eigenvalue weighted by atomic mass is 9.97. The molecule has 0 radical (unpaired) electrons. The van der Waals surface area contributed by atoms with Crippen molar-refractivity contribution in [1.29, 1.82) is 0 Å². The quantitative estimate of drug-likeness (QED) is 0.241. The number of rotatable bonds is 6. The summed E-state index contributed by atoms with van der Waals surface area (Å²) in [6, 6.07) is 11.9. The highest BCUT2D eigenvalue weighted by Crippen LogP contribution is 2.40. The second kappa shape index (κ2) is 10.3. The fourth-order valence-electron chi connectivity index (χ4n) is 4.71. The van der Waals surface area contributed by atoms with E-state index in [1.54, 1.807) is 31.2 Å². The Hall–Kier alpha value is -3.86. The van der Waals surface area contributed by atoms with E-state index >= 15 is 4.39 Å². The summed E-state index contributed by atoms with van der Waals surface area (Å²) in [4.78, 5) is 8.76. The first kappa shape index (κ1) is 27.7. The number of aromatic nitrogens is 3. The van der Waals surface area contributed by atoms with Crippen molar-refractivity contribution in [2.24, 2.45) is 0 Å². The van der Waals surface area contributed by atoms with E-state index < -0.39 is 28.1 Å². The summed E-state index contributed by atoms with van der Waals surface area (Å²) in [5, 5.41) is 9.84. The molecule has 5 rings (SSSR count). The van der Waals surface area contributed by atoms with E-state index in [1.807, 2.05) is 24.6 Å². The van der Waals surface area contributed by atoms with Crippen LogP contribution >= 0.6 is 11.6 Å². The maximum atomic E-state index is 15.0. The van der Waals surface area contributed by atoms with Gasteiger partial charge in [0.15, 0.2) is 21.5 Å². The highest BCUT2D eigenvalue weighted by molar-refractivity contribution is 7.90.